The van der Waals surface area contributed by atoms with Crippen LogP contribution in [0.15, 0.2) is 24.3 Å². The van der Waals surface area contributed by atoms with Crippen LogP contribution in [0, 0.1) is 11.8 Å². The maximum atomic E-state index is 12.3. The molecule has 5 heteroatoms. The number of carbonyl (C=O) groups excluding carboxylic acids is 1. The average Bonchev–Trinajstić information content (AvgIpc) is 2.54. The first-order valence-corrected chi connectivity index (χ1v) is 7.69. The molecule has 2 rings (SSSR count). The van der Waals surface area contributed by atoms with Gasteiger partial charge in [0.25, 0.3) is 0 Å². The highest BCUT2D eigenvalue weighted by Crippen LogP contribution is 2.30. The monoisotopic (exact) mass is 305 g/mol. The summed E-state index contributed by atoms with van der Waals surface area (Å²) in [6, 6.07) is 7.76. The van der Waals surface area contributed by atoms with Crippen molar-refractivity contribution in [2.75, 3.05) is 7.11 Å². The lowest BCUT2D eigenvalue weighted by Crippen LogP contribution is -2.39. The lowest BCUT2D eigenvalue weighted by Gasteiger charge is -2.27. The van der Waals surface area contributed by atoms with Gasteiger partial charge < -0.3 is 15.2 Å². The Morgan fingerprint density at radius 2 is 1.82 bits per heavy atom. The minimum atomic E-state index is -0.861. The van der Waals surface area contributed by atoms with Crippen LogP contribution >= 0.6 is 0 Å². The molecule has 1 aliphatic carbocycles. The minimum Gasteiger partial charge on any atom is -0.481 e. The van der Waals surface area contributed by atoms with Crippen LogP contribution in [-0.2, 0) is 27.5 Å². The molecule has 5 nitrogen and oxygen atoms in total. The molecule has 2 atom stereocenters. The molecule has 120 valence electrons. The fourth-order valence-electron chi connectivity index (χ4n) is 3.08. The van der Waals surface area contributed by atoms with Gasteiger partial charge in [-0.15, -0.1) is 0 Å². The predicted octanol–water partition coefficient (Wildman–Crippen LogP) is 2.34. The molecule has 0 aromatic heterocycles. The second-order valence-corrected chi connectivity index (χ2v) is 5.76. The molecule has 1 amide bonds. The fraction of sp³-hybridized carbons (Fsp3) is 0.529. The Hall–Kier alpha value is -1.88. The van der Waals surface area contributed by atoms with E-state index in [0.29, 0.717) is 26.0 Å². The van der Waals surface area contributed by atoms with Crippen LogP contribution in [-0.4, -0.2) is 24.1 Å². The number of benzene rings is 1. The second-order valence-electron chi connectivity index (χ2n) is 5.76. The van der Waals surface area contributed by atoms with Crippen molar-refractivity contribution < 1.29 is 19.4 Å². The van der Waals surface area contributed by atoms with Crippen LogP contribution in [0.2, 0.25) is 0 Å². The Balaban J connectivity index is 1.98. The van der Waals surface area contributed by atoms with E-state index < -0.39 is 17.8 Å². The molecule has 0 radical (unpaired) electrons. The van der Waals surface area contributed by atoms with Crippen molar-refractivity contribution in [1.82, 2.24) is 5.32 Å². The van der Waals surface area contributed by atoms with E-state index >= 15 is 0 Å². The maximum absolute atomic E-state index is 12.3. The standard InChI is InChI=1S/C17H23NO4/c1-22-11-13-7-3-2-6-12(13)10-18-16(19)14-8-4-5-9-15(14)17(20)21/h2-3,6-7,14-15H,4-5,8-11H2,1H3,(H,18,19)(H,20,21)/t14-,15+/m0/s1. The molecular weight excluding hydrogens is 282 g/mol. The summed E-state index contributed by atoms with van der Waals surface area (Å²) in [6.45, 7) is 0.897. The van der Waals surface area contributed by atoms with Crippen molar-refractivity contribution in [3.05, 3.63) is 35.4 Å². The molecule has 0 spiro atoms. The van der Waals surface area contributed by atoms with E-state index in [1.165, 1.54) is 0 Å². The average molecular weight is 305 g/mol. The zero-order chi connectivity index (χ0) is 15.9. The Morgan fingerprint density at radius 1 is 1.18 bits per heavy atom. The van der Waals surface area contributed by atoms with Gasteiger partial charge in [0.05, 0.1) is 18.4 Å². The van der Waals surface area contributed by atoms with Gasteiger partial charge in [0.2, 0.25) is 5.91 Å². The van der Waals surface area contributed by atoms with Crippen LogP contribution < -0.4 is 5.32 Å². The summed E-state index contributed by atoms with van der Waals surface area (Å²) in [5, 5.41) is 12.2. The topological polar surface area (TPSA) is 75.6 Å². The smallest absolute Gasteiger partial charge is 0.307 e. The molecule has 2 N–H and O–H groups in total. The van der Waals surface area contributed by atoms with Crippen LogP contribution in [0.5, 0.6) is 0 Å². The molecule has 0 aliphatic heterocycles. The van der Waals surface area contributed by atoms with Gasteiger partial charge in [-0.2, -0.15) is 0 Å². The van der Waals surface area contributed by atoms with Gasteiger partial charge in [-0.3, -0.25) is 9.59 Å². The molecule has 1 aromatic carbocycles. The SMILES string of the molecule is COCc1ccccc1CNC(=O)[C@H]1CCCC[C@H]1C(=O)O. The van der Waals surface area contributed by atoms with Gasteiger partial charge >= 0.3 is 5.97 Å². The van der Waals surface area contributed by atoms with Crippen molar-refractivity contribution in [2.45, 2.75) is 38.8 Å². The highest BCUT2D eigenvalue weighted by atomic mass is 16.5. The maximum Gasteiger partial charge on any atom is 0.307 e. The molecule has 1 saturated carbocycles. The summed E-state index contributed by atoms with van der Waals surface area (Å²) in [6.07, 6.45) is 3.05. The quantitative estimate of drug-likeness (QED) is 0.846. The molecule has 1 fully saturated rings. The number of carboxylic acid groups (broad SMARTS) is 1. The number of nitrogens with one attached hydrogen (secondary N) is 1. The van der Waals surface area contributed by atoms with E-state index in [2.05, 4.69) is 5.32 Å². The summed E-state index contributed by atoms with van der Waals surface area (Å²) in [4.78, 5) is 23.6. The normalized spacial score (nSPS) is 21.3. The second kappa shape index (κ2) is 7.94. The Bertz CT molecular complexity index is 529. The predicted molar refractivity (Wildman–Crippen MR) is 82.1 cm³/mol. The van der Waals surface area contributed by atoms with Crippen molar-refractivity contribution in [1.29, 1.82) is 0 Å². The van der Waals surface area contributed by atoms with E-state index in [9.17, 15) is 14.7 Å². The van der Waals surface area contributed by atoms with Crippen molar-refractivity contribution >= 4 is 11.9 Å². The fourth-order valence-corrected chi connectivity index (χ4v) is 3.08. The number of rotatable bonds is 6. The Labute approximate surface area is 130 Å². The van der Waals surface area contributed by atoms with Crippen LogP contribution in [0.1, 0.15) is 36.8 Å². The lowest BCUT2D eigenvalue weighted by atomic mass is 9.78. The lowest BCUT2D eigenvalue weighted by molar-refractivity contribution is -0.148. The third kappa shape index (κ3) is 4.07. The summed E-state index contributed by atoms with van der Waals surface area (Å²) >= 11 is 0. The highest BCUT2D eigenvalue weighted by molar-refractivity contribution is 5.84. The number of carboxylic acids is 1. The first-order valence-electron chi connectivity index (χ1n) is 7.69. The first kappa shape index (κ1) is 16.5. The minimum absolute atomic E-state index is 0.153. The molecule has 1 aromatic rings. The zero-order valence-electron chi connectivity index (χ0n) is 12.9. The highest BCUT2D eigenvalue weighted by Gasteiger charge is 2.35. The van der Waals surface area contributed by atoms with Crippen LogP contribution in [0.25, 0.3) is 0 Å². The Kier molecular flexibility index (Phi) is 5.95. The summed E-state index contributed by atoms with van der Waals surface area (Å²) in [7, 11) is 1.63. The van der Waals surface area contributed by atoms with Gasteiger partial charge in [0, 0.05) is 13.7 Å². The van der Waals surface area contributed by atoms with Gasteiger partial charge in [0.15, 0.2) is 0 Å². The number of methoxy groups -OCH3 is 1. The molecule has 0 bridgehead atoms. The number of carbonyl (C=O) groups is 2. The van der Waals surface area contributed by atoms with E-state index in [1.54, 1.807) is 7.11 Å². The third-order valence-corrected chi connectivity index (χ3v) is 4.29. The Morgan fingerprint density at radius 3 is 2.45 bits per heavy atom. The van der Waals surface area contributed by atoms with E-state index in [1.807, 2.05) is 24.3 Å². The van der Waals surface area contributed by atoms with Crippen LogP contribution in [0.4, 0.5) is 0 Å². The van der Waals surface area contributed by atoms with Crippen molar-refractivity contribution in [3.8, 4) is 0 Å². The molecular formula is C17H23NO4. The number of hydrogen-bond acceptors (Lipinski definition) is 3. The van der Waals surface area contributed by atoms with Crippen LogP contribution in [0.3, 0.4) is 0 Å². The van der Waals surface area contributed by atoms with Gasteiger partial charge in [0.1, 0.15) is 0 Å². The number of ether oxygens (including phenoxy) is 1. The summed E-state index contributed by atoms with van der Waals surface area (Å²) < 4.78 is 5.15. The molecule has 0 unspecified atom stereocenters. The number of hydrogen-bond donors (Lipinski definition) is 2. The van der Waals surface area contributed by atoms with Gasteiger partial charge in [-0.1, -0.05) is 37.1 Å². The first-order chi connectivity index (χ1) is 10.6. The van der Waals surface area contributed by atoms with Crippen molar-refractivity contribution in [3.63, 3.8) is 0 Å². The van der Waals surface area contributed by atoms with E-state index in [0.717, 1.165) is 24.0 Å². The summed E-state index contributed by atoms with van der Waals surface area (Å²) in [5.74, 6) is -1.98. The summed E-state index contributed by atoms with van der Waals surface area (Å²) in [5.41, 5.74) is 2.03. The molecule has 0 saturated heterocycles. The van der Waals surface area contributed by atoms with Gasteiger partial charge in [-0.05, 0) is 24.0 Å². The number of aliphatic carboxylic acids is 1. The van der Waals surface area contributed by atoms with Gasteiger partial charge in [-0.25, -0.2) is 0 Å². The largest absolute Gasteiger partial charge is 0.481 e. The number of amides is 1. The van der Waals surface area contributed by atoms with Crippen molar-refractivity contribution in [2.24, 2.45) is 11.8 Å². The molecule has 0 heterocycles. The molecule has 1 aliphatic rings. The van der Waals surface area contributed by atoms with E-state index in [-0.39, 0.29) is 5.91 Å². The van der Waals surface area contributed by atoms with E-state index in [4.69, 9.17) is 4.74 Å². The molecule has 22 heavy (non-hydrogen) atoms. The zero-order valence-corrected chi connectivity index (χ0v) is 12.9. The third-order valence-electron chi connectivity index (χ3n) is 4.29.